The summed E-state index contributed by atoms with van der Waals surface area (Å²) < 4.78 is 23.1. The predicted octanol–water partition coefficient (Wildman–Crippen LogP) is 5.58. The minimum absolute atomic E-state index is 0.229. The van der Waals surface area contributed by atoms with Crippen LogP contribution in [0.2, 0.25) is 0 Å². The molecule has 1 amide bonds. The van der Waals surface area contributed by atoms with Crippen LogP contribution in [0.1, 0.15) is 35.3 Å². The van der Waals surface area contributed by atoms with Crippen molar-refractivity contribution in [3.05, 3.63) is 102 Å². The van der Waals surface area contributed by atoms with E-state index in [0.29, 0.717) is 60.8 Å². The third-order valence-corrected chi connectivity index (χ3v) is 5.26. The van der Waals surface area contributed by atoms with Crippen LogP contribution in [0.3, 0.4) is 0 Å². The zero-order valence-corrected chi connectivity index (χ0v) is 20.8. The summed E-state index contributed by atoms with van der Waals surface area (Å²) in [4.78, 5) is 21.2. The number of aromatic nitrogens is 2. The Morgan fingerprint density at radius 1 is 0.784 bits per heavy atom. The number of pyridine rings is 2. The van der Waals surface area contributed by atoms with E-state index in [1.165, 1.54) is 0 Å². The summed E-state index contributed by atoms with van der Waals surface area (Å²) >= 11 is 0. The Balaban J connectivity index is 1.35. The maximum Gasteiger partial charge on any atom is 0.251 e. The molecule has 8 nitrogen and oxygen atoms in total. The minimum atomic E-state index is -0.229. The van der Waals surface area contributed by atoms with Crippen LogP contribution >= 0.6 is 0 Å². The summed E-state index contributed by atoms with van der Waals surface area (Å²) in [7, 11) is 0. The second kappa shape index (κ2) is 12.9. The summed E-state index contributed by atoms with van der Waals surface area (Å²) in [5.74, 6) is 2.54. The molecular formula is C29H29N3O5. The third-order valence-electron chi connectivity index (χ3n) is 5.26. The van der Waals surface area contributed by atoms with Crippen molar-refractivity contribution < 1.29 is 23.7 Å². The van der Waals surface area contributed by atoms with Crippen molar-refractivity contribution in [1.82, 2.24) is 15.3 Å². The first-order chi connectivity index (χ1) is 18.2. The molecule has 0 fully saturated rings. The van der Waals surface area contributed by atoms with Crippen molar-refractivity contribution in [2.75, 3.05) is 13.2 Å². The second-order valence-corrected chi connectivity index (χ2v) is 7.91. The number of para-hydroxylation sites is 2. The smallest absolute Gasteiger partial charge is 0.251 e. The molecule has 4 aromatic rings. The normalized spacial score (nSPS) is 10.4. The highest BCUT2D eigenvalue weighted by Gasteiger charge is 2.13. The Bertz CT molecular complexity index is 1300. The van der Waals surface area contributed by atoms with Crippen LogP contribution in [-0.4, -0.2) is 29.1 Å². The van der Waals surface area contributed by atoms with E-state index in [-0.39, 0.29) is 5.91 Å². The lowest BCUT2D eigenvalue weighted by Crippen LogP contribution is -2.23. The lowest BCUT2D eigenvalue weighted by Gasteiger charge is -2.14. The molecule has 0 bridgehead atoms. The molecule has 0 aliphatic heterocycles. The van der Waals surface area contributed by atoms with E-state index in [1.807, 2.05) is 56.3 Å². The van der Waals surface area contributed by atoms with Gasteiger partial charge in [-0.1, -0.05) is 18.2 Å². The SMILES string of the molecule is CCOc1cc(C(=O)NCc2ccc(Oc3ccccc3OCC)nc2)ccc1OCc1ccncc1. The van der Waals surface area contributed by atoms with Crippen LogP contribution < -0.4 is 24.3 Å². The zero-order valence-electron chi connectivity index (χ0n) is 20.8. The zero-order chi connectivity index (χ0) is 25.9. The molecule has 190 valence electrons. The molecule has 1 N–H and O–H groups in total. The summed E-state index contributed by atoms with van der Waals surface area (Å²) in [6.45, 7) is 5.48. The fraction of sp³-hybridized carbons (Fsp3) is 0.207. The molecule has 0 spiro atoms. The second-order valence-electron chi connectivity index (χ2n) is 7.91. The summed E-state index contributed by atoms with van der Waals surface area (Å²) in [6.07, 6.45) is 5.10. The first-order valence-corrected chi connectivity index (χ1v) is 12.1. The molecule has 8 heteroatoms. The van der Waals surface area contributed by atoms with Gasteiger partial charge in [0.1, 0.15) is 6.61 Å². The van der Waals surface area contributed by atoms with Gasteiger partial charge in [0, 0.05) is 36.8 Å². The monoisotopic (exact) mass is 499 g/mol. The molecule has 37 heavy (non-hydrogen) atoms. The van der Waals surface area contributed by atoms with Crippen molar-refractivity contribution in [3.63, 3.8) is 0 Å². The number of hydrogen-bond donors (Lipinski definition) is 1. The fourth-order valence-corrected chi connectivity index (χ4v) is 3.46. The van der Waals surface area contributed by atoms with Crippen molar-refractivity contribution in [3.8, 4) is 28.9 Å². The van der Waals surface area contributed by atoms with Gasteiger partial charge < -0.3 is 24.3 Å². The number of benzene rings is 2. The largest absolute Gasteiger partial charge is 0.490 e. The maximum absolute atomic E-state index is 12.8. The van der Waals surface area contributed by atoms with Gasteiger partial charge in [-0.2, -0.15) is 0 Å². The van der Waals surface area contributed by atoms with Gasteiger partial charge >= 0.3 is 0 Å². The number of amides is 1. The molecular weight excluding hydrogens is 470 g/mol. The third kappa shape index (κ3) is 7.20. The molecule has 0 aliphatic carbocycles. The molecule has 0 saturated carbocycles. The van der Waals surface area contributed by atoms with Crippen molar-refractivity contribution in [1.29, 1.82) is 0 Å². The van der Waals surface area contributed by atoms with Crippen LogP contribution in [0, 0.1) is 0 Å². The average molecular weight is 500 g/mol. The molecule has 2 aromatic heterocycles. The van der Waals surface area contributed by atoms with E-state index >= 15 is 0 Å². The van der Waals surface area contributed by atoms with Gasteiger partial charge in [0.15, 0.2) is 23.0 Å². The number of carbonyl (C=O) groups excluding carboxylic acids is 1. The summed E-state index contributed by atoms with van der Waals surface area (Å²) in [5.41, 5.74) is 2.30. The maximum atomic E-state index is 12.8. The molecule has 0 radical (unpaired) electrons. The van der Waals surface area contributed by atoms with Crippen LogP contribution in [-0.2, 0) is 13.2 Å². The molecule has 0 atom stereocenters. The highest BCUT2D eigenvalue weighted by Crippen LogP contribution is 2.31. The molecule has 2 heterocycles. The molecule has 2 aromatic carbocycles. The highest BCUT2D eigenvalue weighted by molar-refractivity contribution is 5.94. The number of hydrogen-bond acceptors (Lipinski definition) is 7. The van der Waals surface area contributed by atoms with Crippen LogP contribution in [0.15, 0.2) is 85.3 Å². The van der Waals surface area contributed by atoms with E-state index in [1.54, 1.807) is 42.9 Å². The number of nitrogens with one attached hydrogen (secondary N) is 1. The van der Waals surface area contributed by atoms with Crippen molar-refractivity contribution in [2.24, 2.45) is 0 Å². The Labute approximate surface area is 216 Å². The Morgan fingerprint density at radius 3 is 2.24 bits per heavy atom. The minimum Gasteiger partial charge on any atom is -0.490 e. The van der Waals surface area contributed by atoms with Gasteiger partial charge in [0.05, 0.1) is 13.2 Å². The topological polar surface area (TPSA) is 91.8 Å². The molecule has 0 unspecified atom stereocenters. The van der Waals surface area contributed by atoms with Gasteiger partial charge in [0.25, 0.3) is 5.91 Å². The van der Waals surface area contributed by atoms with Crippen LogP contribution in [0.4, 0.5) is 0 Å². The Morgan fingerprint density at radius 2 is 1.51 bits per heavy atom. The van der Waals surface area contributed by atoms with Gasteiger partial charge in [-0.25, -0.2) is 4.98 Å². The number of nitrogens with zero attached hydrogens (tertiary/aromatic N) is 2. The van der Waals surface area contributed by atoms with Crippen molar-refractivity contribution >= 4 is 5.91 Å². The van der Waals surface area contributed by atoms with Gasteiger partial charge in [-0.15, -0.1) is 0 Å². The Kier molecular flexibility index (Phi) is 8.91. The van der Waals surface area contributed by atoms with E-state index < -0.39 is 0 Å². The van der Waals surface area contributed by atoms with Crippen LogP contribution in [0.5, 0.6) is 28.9 Å². The predicted molar refractivity (Wildman–Crippen MR) is 139 cm³/mol. The molecule has 4 rings (SSSR count). The standard InChI is InChI=1S/C29H29N3O5/c1-3-34-24-7-5-6-8-26(24)37-28-12-9-22(18-31-28)19-32-29(33)23-10-11-25(27(17-23)35-4-2)36-20-21-13-15-30-16-14-21/h5-18H,3-4,19-20H2,1-2H3,(H,32,33). The van der Waals surface area contributed by atoms with Gasteiger partial charge in [-0.05, 0) is 67.4 Å². The summed E-state index contributed by atoms with van der Waals surface area (Å²) in [6, 6.07) is 20.0. The molecule has 0 aliphatic rings. The fourth-order valence-electron chi connectivity index (χ4n) is 3.46. The Hall–Kier alpha value is -4.59. The average Bonchev–Trinajstić information content (AvgIpc) is 2.94. The van der Waals surface area contributed by atoms with E-state index in [0.717, 1.165) is 11.1 Å². The number of rotatable bonds is 12. The first-order valence-electron chi connectivity index (χ1n) is 12.1. The van der Waals surface area contributed by atoms with Crippen LogP contribution in [0.25, 0.3) is 0 Å². The van der Waals surface area contributed by atoms with E-state index in [2.05, 4.69) is 15.3 Å². The summed E-state index contributed by atoms with van der Waals surface area (Å²) in [5, 5.41) is 2.91. The van der Waals surface area contributed by atoms with E-state index in [4.69, 9.17) is 18.9 Å². The number of carbonyl (C=O) groups is 1. The van der Waals surface area contributed by atoms with E-state index in [9.17, 15) is 4.79 Å². The highest BCUT2D eigenvalue weighted by atomic mass is 16.5. The molecule has 0 saturated heterocycles. The quantitative estimate of drug-likeness (QED) is 0.272. The van der Waals surface area contributed by atoms with Gasteiger partial charge in [0.2, 0.25) is 5.88 Å². The van der Waals surface area contributed by atoms with Gasteiger partial charge in [-0.3, -0.25) is 9.78 Å². The first kappa shape index (κ1) is 25.5. The lowest BCUT2D eigenvalue weighted by molar-refractivity contribution is 0.0950. The lowest BCUT2D eigenvalue weighted by atomic mass is 10.1. The number of ether oxygens (including phenoxy) is 4. The van der Waals surface area contributed by atoms with Crippen molar-refractivity contribution in [2.45, 2.75) is 27.0 Å².